The van der Waals surface area contributed by atoms with Crippen molar-refractivity contribution in [3.05, 3.63) is 28.8 Å². The summed E-state index contributed by atoms with van der Waals surface area (Å²) in [6, 6.07) is 4.49. The van der Waals surface area contributed by atoms with Gasteiger partial charge in [0, 0.05) is 38.4 Å². The highest BCUT2D eigenvalue weighted by Gasteiger charge is 2.07. The number of hydrazone groups is 1. The third kappa shape index (κ3) is 3.49. The second-order valence-corrected chi connectivity index (χ2v) is 4.76. The van der Waals surface area contributed by atoms with Gasteiger partial charge in [0.1, 0.15) is 0 Å². The van der Waals surface area contributed by atoms with Crippen molar-refractivity contribution in [3.8, 4) is 0 Å². The number of aryl methyl sites for hydroxylation is 2. The summed E-state index contributed by atoms with van der Waals surface area (Å²) >= 11 is 0. The molecule has 0 fully saturated rings. The summed E-state index contributed by atoms with van der Waals surface area (Å²) in [6.07, 6.45) is 1.94. The van der Waals surface area contributed by atoms with Crippen molar-refractivity contribution >= 4 is 11.9 Å². The average molecular weight is 247 g/mol. The maximum atomic E-state index is 4.33. The Labute approximate surface area is 111 Å². The van der Waals surface area contributed by atoms with E-state index in [9.17, 15) is 0 Å². The summed E-state index contributed by atoms with van der Waals surface area (Å²) in [7, 11) is 3.87. The van der Waals surface area contributed by atoms with E-state index in [1.54, 1.807) is 0 Å². The van der Waals surface area contributed by atoms with Crippen LogP contribution in [0.5, 0.6) is 0 Å². The van der Waals surface area contributed by atoms with Gasteiger partial charge in [-0.05, 0) is 51.0 Å². The minimum absolute atomic E-state index is 1.04. The largest absolute Gasteiger partial charge is 0.372 e. The van der Waals surface area contributed by atoms with Crippen molar-refractivity contribution in [2.75, 3.05) is 32.1 Å². The third-order valence-corrected chi connectivity index (χ3v) is 3.12. The fourth-order valence-electron chi connectivity index (χ4n) is 2.10. The van der Waals surface area contributed by atoms with Crippen molar-refractivity contribution < 1.29 is 0 Å². The predicted octanol–water partition coefficient (Wildman–Crippen LogP) is 3.05. The lowest BCUT2D eigenvalue weighted by atomic mass is 10.0. The highest BCUT2D eigenvalue weighted by Crippen LogP contribution is 2.22. The minimum Gasteiger partial charge on any atom is -0.372 e. The molecule has 0 bridgehead atoms. The van der Waals surface area contributed by atoms with Crippen LogP contribution in [0.2, 0.25) is 0 Å². The monoisotopic (exact) mass is 247 g/mol. The Morgan fingerprint density at radius 1 is 1.06 bits per heavy atom. The molecule has 0 spiro atoms. The molecule has 0 aliphatic rings. The molecule has 3 heteroatoms. The lowest BCUT2D eigenvalue weighted by Crippen LogP contribution is -2.22. The van der Waals surface area contributed by atoms with Gasteiger partial charge < -0.3 is 9.91 Å². The molecular weight excluding hydrogens is 222 g/mol. The number of anilines is 1. The molecule has 0 saturated heterocycles. The Kier molecular flexibility index (Phi) is 5.20. The van der Waals surface area contributed by atoms with Gasteiger partial charge in [0.05, 0.1) is 6.21 Å². The van der Waals surface area contributed by atoms with Gasteiger partial charge >= 0.3 is 0 Å². The van der Waals surface area contributed by atoms with E-state index < -0.39 is 0 Å². The van der Waals surface area contributed by atoms with Crippen molar-refractivity contribution in [1.29, 1.82) is 0 Å². The van der Waals surface area contributed by atoms with E-state index in [-0.39, 0.29) is 0 Å². The molecule has 0 radical (unpaired) electrons. The fraction of sp³-hybridized carbons (Fsp3) is 0.533. The van der Waals surface area contributed by atoms with Gasteiger partial charge in [-0.2, -0.15) is 5.10 Å². The van der Waals surface area contributed by atoms with E-state index in [0.717, 1.165) is 13.1 Å². The normalized spacial score (nSPS) is 11.0. The summed E-state index contributed by atoms with van der Waals surface area (Å²) < 4.78 is 0. The molecule has 1 rings (SSSR count). The van der Waals surface area contributed by atoms with Crippen molar-refractivity contribution in [1.82, 2.24) is 5.01 Å². The maximum absolute atomic E-state index is 4.33. The second-order valence-electron chi connectivity index (χ2n) is 4.76. The first kappa shape index (κ1) is 14.6. The van der Waals surface area contributed by atoms with Crippen LogP contribution in [-0.2, 0) is 0 Å². The van der Waals surface area contributed by atoms with E-state index in [4.69, 9.17) is 0 Å². The molecule has 0 N–H and O–H groups in total. The topological polar surface area (TPSA) is 18.8 Å². The predicted molar refractivity (Wildman–Crippen MR) is 80.8 cm³/mol. The van der Waals surface area contributed by atoms with Crippen LogP contribution in [0.1, 0.15) is 30.5 Å². The smallest absolute Gasteiger partial charge is 0.0548 e. The maximum Gasteiger partial charge on any atom is 0.0548 e. The van der Waals surface area contributed by atoms with Gasteiger partial charge in [0.25, 0.3) is 0 Å². The van der Waals surface area contributed by atoms with Gasteiger partial charge in [0.2, 0.25) is 0 Å². The van der Waals surface area contributed by atoms with Crippen molar-refractivity contribution in [2.45, 2.75) is 27.7 Å². The van der Waals surface area contributed by atoms with E-state index in [0.29, 0.717) is 0 Å². The van der Waals surface area contributed by atoms with Crippen LogP contribution in [0.4, 0.5) is 5.69 Å². The molecule has 3 nitrogen and oxygen atoms in total. The zero-order chi connectivity index (χ0) is 13.7. The van der Waals surface area contributed by atoms with E-state index >= 15 is 0 Å². The quantitative estimate of drug-likeness (QED) is 0.588. The molecule has 0 saturated carbocycles. The molecule has 0 aliphatic heterocycles. The molecule has 0 unspecified atom stereocenters. The lowest BCUT2D eigenvalue weighted by molar-refractivity contribution is 0.440. The Morgan fingerprint density at radius 2 is 1.56 bits per heavy atom. The zero-order valence-electron chi connectivity index (χ0n) is 12.5. The summed E-state index contributed by atoms with van der Waals surface area (Å²) in [6.45, 7) is 10.8. The number of hydrogen-bond acceptors (Lipinski definition) is 3. The van der Waals surface area contributed by atoms with Crippen LogP contribution in [0.15, 0.2) is 17.2 Å². The van der Waals surface area contributed by atoms with Crippen molar-refractivity contribution in [3.63, 3.8) is 0 Å². The van der Waals surface area contributed by atoms with E-state index in [1.165, 1.54) is 22.4 Å². The van der Waals surface area contributed by atoms with Gasteiger partial charge in [-0.25, -0.2) is 0 Å². The number of nitrogens with zero attached hydrogens (tertiary/aromatic N) is 3. The number of rotatable bonds is 5. The summed E-state index contributed by atoms with van der Waals surface area (Å²) in [5, 5.41) is 6.14. The van der Waals surface area contributed by atoms with Gasteiger partial charge in [-0.15, -0.1) is 0 Å². The zero-order valence-corrected chi connectivity index (χ0v) is 12.5. The fourth-order valence-corrected chi connectivity index (χ4v) is 2.10. The van der Waals surface area contributed by atoms with Crippen LogP contribution < -0.4 is 4.90 Å². The highest BCUT2D eigenvalue weighted by molar-refractivity contribution is 5.84. The molecule has 1 aromatic carbocycles. The number of benzene rings is 1. The van der Waals surface area contributed by atoms with E-state index in [2.05, 4.69) is 49.8 Å². The van der Waals surface area contributed by atoms with Crippen LogP contribution in [0.3, 0.4) is 0 Å². The molecule has 0 aromatic heterocycles. The van der Waals surface area contributed by atoms with Crippen LogP contribution in [-0.4, -0.2) is 38.4 Å². The van der Waals surface area contributed by atoms with Gasteiger partial charge in [0.15, 0.2) is 0 Å². The summed E-state index contributed by atoms with van der Waals surface area (Å²) in [5.74, 6) is 0. The Morgan fingerprint density at radius 3 is 1.94 bits per heavy atom. The first-order valence-corrected chi connectivity index (χ1v) is 6.57. The summed E-state index contributed by atoms with van der Waals surface area (Å²) in [5.41, 5.74) is 5.08. The third-order valence-electron chi connectivity index (χ3n) is 3.12. The Balaban J connectivity index is 3.12. The molecule has 0 amide bonds. The second kappa shape index (κ2) is 6.43. The van der Waals surface area contributed by atoms with Gasteiger partial charge in [-0.1, -0.05) is 0 Å². The molecule has 0 atom stereocenters. The minimum atomic E-state index is 1.04. The molecule has 0 aliphatic carbocycles. The summed E-state index contributed by atoms with van der Waals surface area (Å²) in [4.78, 5) is 2.37. The van der Waals surface area contributed by atoms with Crippen LogP contribution >= 0.6 is 0 Å². The van der Waals surface area contributed by atoms with Gasteiger partial charge in [-0.3, -0.25) is 0 Å². The van der Waals surface area contributed by atoms with Crippen molar-refractivity contribution in [2.24, 2.45) is 5.10 Å². The molecule has 0 heterocycles. The molecule has 100 valence electrons. The first-order valence-electron chi connectivity index (χ1n) is 6.57. The average Bonchev–Trinajstić information content (AvgIpc) is 2.29. The van der Waals surface area contributed by atoms with Crippen LogP contribution in [0.25, 0.3) is 0 Å². The SMILES string of the molecule is CCN(CC)c1cc(C)c(C=NN(C)C)c(C)c1. The van der Waals surface area contributed by atoms with E-state index in [1.807, 2.05) is 25.3 Å². The number of hydrogen-bond donors (Lipinski definition) is 0. The Hall–Kier alpha value is -1.51. The lowest BCUT2D eigenvalue weighted by Gasteiger charge is -2.23. The van der Waals surface area contributed by atoms with Crippen LogP contribution in [0, 0.1) is 13.8 Å². The molecular formula is C15H25N3. The highest BCUT2D eigenvalue weighted by atomic mass is 15.4. The standard InChI is InChI=1S/C15H25N3/c1-7-18(8-2)14-9-12(3)15(13(4)10-14)11-16-17(5)6/h9-11H,7-8H2,1-6H3. The molecule has 1 aromatic rings. The first-order chi connectivity index (χ1) is 8.49. The Bertz CT molecular complexity index is 395. The molecule has 18 heavy (non-hydrogen) atoms.